The Bertz CT molecular complexity index is 780. The van der Waals surface area contributed by atoms with Crippen molar-refractivity contribution in [3.63, 3.8) is 0 Å². The van der Waals surface area contributed by atoms with Crippen LogP contribution in [0, 0.1) is 189 Å². The third-order valence-electron chi connectivity index (χ3n) is 4.85. The minimum Gasteiger partial charge on any atom is -1.00 e. The minimum atomic E-state index is -0.125. The molecule has 0 aliphatic heterocycles. The number of nitrogens with one attached hydrogen (secondary N) is 4. The summed E-state index contributed by atoms with van der Waals surface area (Å²) in [4.78, 5) is 38.0. The Morgan fingerprint density at radius 1 is 0.652 bits per heavy atom. The molecule has 0 fully saturated rings. The molecule has 18 heteroatoms. The number of imidazole rings is 2. The van der Waals surface area contributed by atoms with Crippen LogP contribution in [0.2, 0.25) is 0 Å². The maximum absolute atomic E-state index is 12.0. The summed E-state index contributed by atoms with van der Waals surface area (Å²) in [5.74, 6) is 0.616. The Morgan fingerprint density at radius 2 is 0.891 bits per heavy atom. The average molecular weight is 1430 g/mol. The van der Waals surface area contributed by atoms with Crippen molar-refractivity contribution < 1.29 is 247 Å². The summed E-state index contributed by atoms with van der Waals surface area (Å²) >= 11 is 0. The van der Waals surface area contributed by atoms with Crippen LogP contribution in [0.25, 0.3) is 0 Å². The number of Topliss-reactive ketones (excluding diaryl/α,β-unsaturated/α-hetero) is 2. The average Bonchev–Trinajstić information content (AvgIpc) is 3.39. The van der Waals surface area contributed by atoms with E-state index in [0.29, 0.717) is 24.9 Å². The van der Waals surface area contributed by atoms with Crippen LogP contribution in [0.15, 0.2) is 25.0 Å². The molecule has 8 nitrogen and oxygen atoms in total. The van der Waals surface area contributed by atoms with E-state index in [4.69, 9.17) is 0 Å². The van der Waals surface area contributed by atoms with Crippen molar-refractivity contribution in [3.05, 3.63) is 36.4 Å². The number of ketones is 2. The Labute approximate surface area is 523 Å². The van der Waals surface area contributed by atoms with Crippen LogP contribution >= 0.6 is 0 Å². The summed E-state index contributed by atoms with van der Waals surface area (Å²) in [5.41, 5.74) is 1.99. The van der Waals surface area contributed by atoms with E-state index in [0.717, 1.165) is 11.4 Å². The molecule has 2 unspecified atom stereocenters. The molecule has 0 saturated heterocycles. The van der Waals surface area contributed by atoms with Crippen LogP contribution in [-0.4, -0.2) is 131 Å². The maximum atomic E-state index is 12.0. The number of rotatable bonds is 12. The number of carbonyl (C=O) groups excluding carboxylic acids is 2. The molecule has 2 rings (SSSR count). The molecule has 0 aliphatic rings. The van der Waals surface area contributed by atoms with E-state index in [-0.39, 0.29) is 378 Å². The van der Waals surface area contributed by atoms with E-state index in [2.05, 4.69) is 30.6 Å². The third-order valence-corrected chi connectivity index (χ3v) is 4.85. The summed E-state index contributed by atoms with van der Waals surface area (Å²) in [6.45, 7) is 15.9. The van der Waals surface area contributed by atoms with Crippen LogP contribution in [0.5, 0.6) is 0 Å². The zero-order chi connectivity index (χ0) is 24.3. The molecule has 0 aliphatic carbocycles. The first-order valence-electron chi connectivity index (χ1n) is 11.5. The second-order valence-electron chi connectivity index (χ2n) is 9.42. The molecule has 46 heavy (non-hydrogen) atoms. The fourth-order valence-corrected chi connectivity index (χ4v) is 3.33. The SMILES string of the molecule is C.C.C.C.CC(C)NC(Cc1cnc[nH]1)C(=O)C(C)C.CC(C)NC(Cc1cnc[nH]1)C(=O)C(C)C.[Ca+2].[Ca+2].[Cd].[Cd].[Ce].[Ce].[H-].[H-].[H-].[H-].[Nd].[Nd].[Ne].[Ne]. The van der Waals surface area contributed by atoms with Gasteiger partial charge in [0.05, 0.1) is 24.7 Å². The molecule has 2 aromatic heterocycles. The third kappa shape index (κ3) is 45.7. The van der Waals surface area contributed by atoms with Gasteiger partial charge in [-0.15, -0.1) is 0 Å². The molecule has 256 valence electrons. The molecule has 0 spiro atoms. The molecular formula is C28H62Ca2Cd2Ce2N6Nd2Ne2O2. The Balaban J connectivity index is -0.0000000188. The normalized spacial score (nSPS) is 9.30. The fourth-order valence-electron chi connectivity index (χ4n) is 3.33. The van der Waals surface area contributed by atoms with Gasteiger partial charge in [0.1, 0.15) is 0 Å². The summed E-state index contributed by atoms with van der Waals surface area (Å²) in [5, 5.41) is 6.60. The van der Waals surface area contributed by atoms with Gasteiger partial charge in [0.2, 0.25) is 0 Å². The van der Waals surface area contributed by atoms with E-state index in [1.54, 1.807) is 25.0 Å². The van der Waals surface area contributed by atoms with Gasteiger partial charge in [-0.3, -0.25) is 9.59 Å². The van der Waals surface area contributed by atoms with Gasteiger partial charge < -0.3 is 26.3 Å². The van der Waals surface area contributed by atoms with E-state index >= 15 is 0 Å². The van der Waals surface area contributed by atoms with Crippen molar-refractivity contribution in [1.29, 1.82) is 0 Å². The standard InChI is InChI=1S/2C12H21N3O.4CH4.2Ca.2Cd.2Ce.2Nd.2Ne.4H/c2*1-8(2)12(16)11(15-9(3)4)5-10-6-13-7-14-10;;;;;;;;;;;;;;;;;;/h2*6-9,11,15H,5H2,1-4H3,(H,13,14);4*1H4;;;;;;;;;;;;;;/q;;;;;;2*+2;;;;;;;;;4*-1. The zero-order valence-electron chi connectivity index (χ0n) is 30.4. The van der Waals surface area contributed by atoms with E-state index in [1.807, 2.05) is 55.4 Å². The molecule has 2 heterocycles. The number of H-pyrrole nitrogens is 2. The van der Waals surface area contributed by atoms with Crippen LogP contribution in [0.3, 0.4) is 0 Å². The van der Waals surface area contributed by atoms with Crippen LogP contribution in [0.1, 0.15) is 102 Å². The summed E-state index contributed by atoms with van der Waals surface area (Å²) in [7, 11) is 0. The van der Waals surface area contributed by atoms with E-state index < -0.39 is 0 Å². The molecule has 0 amide bonds. The van der Waals surface area contributed by atoms with Crippen molar-refractivity contribution in [2.24, 2.45) is 11.8 Å². The predicted molar refractivity (Wildman–Crippen MR) is 171 cm³/mol. The van der Waals surface area contributed by atoms with Gasteiger partial charge in [-0.2, -0.15) is 0 Å². The van der Waals surface area contributed by atoms with Crippen molar-refractivity contribution in [2.45, 2.75) is 122 Å². The Hall–Kier alpha value is 7.32. The number of hydrogen-bond acceptors (Lipinski definition) is 6. The number of hydrogen-bond donors (Lipinski definition) is 4. The topological polar surface area (TPSA) is 116 Å². The number of aromatic nitrogens is 4. The number of carbonyl (C=O) groups is 2. The molecule has 0 saturated carbocycles. The van der Waals surface area contributed by atoms with Crippen LogP contribution in [-0.2, 0) is 77.0 Å². The largest absolute Gasteiger partial charge is 2.00 e. The summed E-state index contributed by atoms with van der Waals surface area (Å²) in [6, 6.07) is 0.354. The minimum absolute atomic E-state index is 0. The molecule has 4 N–H and O–H groups in total. The smallest absolute Gasteiger partial charge is 1.00 e. The van der Waals surface area contributed by atoms with Gasteiger partial charge in [-0.1, -0.05) is 85.1 Å². The van der Waals surface area contributed by atoms with E-state index in [1.165, 1.54) is 0 Å². The van der Waals surface area contributed by atoms with Gasteiger partial charge in [0.15, 0.2) is 11.6 Å². The van der Waals surface area contributed by atoms with Crippen molar-refractivity contribution in [1.82, 2.24) is 30.6 Å². The summed E-state index contributed by atoms with van der Waals surface area (Å²) in [6.07, 6.45) is 8.17. The Morgan fingerprint density at radius 3 is 1.04 bits per heavy atom. The number of aromatic amines is 2. The second kappa shape index (κ2) is 56.6. The van der Waals surface area contributed by atoms with Gasteiger partial charge in [-0.25, -0.2) is 9.97 Å². The molecular weight excluding hydrogens is 1370 g/mol. The molecule has 0 bridgehead atoms. The first-order valence-corrected chi connectivity index (χ1v) is 11.5. The molecule has 0 radical (unpaired) electrons. The molecule has 2 atom stereocenters. The number of nitrogens with zero attached hydrogens (tertiary/aromatic N) is 2. The van der Waals surface area contributed by atoms with Crippen molar-refractivity contribution in [3.8, 4) is 0 Å². The predicted octanol–water partition coefficient (Wildman–Crippen LogP) is 5.32. The van der Waals surface area contributed by atoms with Gasteiger partial charge in [-0.05, 0) is 0 Å². The molecule has 0 aromatic carbocycles. The monoisotopic (exact) mass is 1430 g/mol. The quantitative estimate of drug-likeness (QED) is 0.215. The summed E-state index contributed by atoms with van der Waals surface area (Å²) < 4.78 is 0. The van der Waals surface area contributed by atoms with Crippen molar-refractivity contribution in [2.75, 3.05) is 0 Å². The first-order chi connectivity index (χ1) is 15.0. The molecule has 2 aromatic rings. The second-order valence-corrected chi connectivity index (χ2v) is 9.42. The van der Waals surface area contributed by atoms with Gasteiger partial charge >= 0.3 is 75.5 Å². The van der Waals surface area contributed by atoms with Gasteiger partial charge in [0.25, 0.3) is 0 Å². The van der Waals surface area contributed by atoms with Crippen LogP contribution < -0.4 is 10.6 Å². The van der Waals surface area contributed by atoms with Crippen molar-refractivity contribution >= 4 is 87.0 Å². The fraction of sp³-hybridized carbons (Fsp3) is 0.714. The zero-order valence-corrected chi connectivity index (χ0v) is 51.6. The first kappa shape index (κ1) is 94.4. The van der Waals surface area contributed by atoms with Gasteiger partial charge in [0, 0.05) is 293 Å². The Kier molecular flexibility index (Phi) is 116. The van der Waals surface area contributed by atoms with Crippen LogP contribution in [0.4, 0.5) is 0 Å². The van der Waals surface area contributed by atoms with E-state index in [9.17, 15) is 9.59 Å². The maximum Gasteiger partial charge on any atom is 2.00 e.